The van der Waals surface area contributed by atoms with E-state index in [0.717, 1.165) is 22.4 Å². The molecule has 4 rings (SSSR count). The number of para-hydroxylation sites is 2. The van der Waals surface area contributed by atoms with Crippen molar-refractivity contribution in [1.29, 1.82) is 0 Å². The van der Waals surface area contributed by atoms with Crippen molar-refractivity contribution >= 4 is 23.1 Å². The van der Waals surface area contributed by atoms with Crippen LogP contribution >= 0.6 is 0 Å². The smallest absolute Gasteiger partial charge is 0.316 e. The van der Waals surface area contributed by atoms with E-state index in [2.05, 4.69) is 9.88 Å². The number of fused-ring (bicyclic) bond motifs is 1. The van der Waals surface area contributed by atoms with Crippen LogP contribution in [0, 0.1) is 0 Å². The Morgan fingerprint density at radius 1 is 1.11 bits per heavy atom. The fourth-order valence-corrected chi connectivity index (χ4v) is 3.80. The van der Waals surface area contributed by atoms with Crippen LogP contribution in [0.1, 0.15) is 18.4 Å². The summed E-state index contributed by atoms with van der Waals surface area (Å²) in [4.78, 5) is 19.4. The summed E-state index contributed by atoms with van der Waals surface area (Å²) < 4.78 is 16.4. The molecule has 3 aromatic rings. The minimum absolute atomic E-state index is 0.215. The zero-order chi connectivity index (χ0) is 18.9. The lowest BCUT2D eigenvalue weighted by molar-refractivity contribution is -0.148. The van der Waals surface area contributed by atoms with Gasteiger partial charge >= 0.3 is 5.97 Å². The molecular weight excluding hydrogens is 344 g/mol. The lowest BCUT2D eigenvalue weighted by atomic mass is 9.72. The third kappa shape index (κ3) is 3.01. The first-order chi connectivity index (χ1) is 13.2. The van der Waals surface area contributed by atoms with Gasteiger partial charge in [-0.3, -0.25) is 4.79 Å². The number of oxazole rings is 1. The average Bonchev–Trinajstić information content (AvgIpc) is 3.17. The van der Waals surface area contributed by atoms with Crippen LogP contribution in [-0.2, 0) is 14.9 Å². The molecule has 27 heavy (non-hydrogen) atoms. The van der Waals surface area contributed by atoms with Crippen molar-refractivity contribution < 1.29 is 18.7 Å². The number of piperidine rings is 1. The number of aromatic nitrogens is 1. The van der Waals surface area contributed by atoms with Gasteiger partial charge in [0.25, 0.3) is 6.01 Å². The van der Waals surface area contributed by atoms with Crippen LogP contribution < -0.4 is 9.64 Å². The topological polar surface area (TPSA) is 64.8 Å². The molecule has 2 heterocycles. The van der Waals surface area contributed by atoms with Crippen LogP contribution in [0.3, 0.4) is 0 Å². The Labute approximate surface area is 157 Å². The van der Waals surface area contributed by atoms with Gasteiger partial charge in [0.1, 0.15) is 11.3 Å². The van der Waals surface area contributed by atoms with Crippen LogP contribution in [-0.4, -0.2) is 38.3 Å². The molecule has 140 valence electrons. The normalized spacial score (nSPS) is 16.3. The average molecular weight is 366 g/mol. The van der Waals surface area contributed by atoms with Crippen molar-refractivity contribution in [3.63, 3.8) is 0 Å². The predicted octanol–water partition coefficient (Wildman–Crippen LogP) is 3.55. The zero-order valence-electron chi connectivity index (χ0n) is 15.5. The molecular formula is C21H22N2O4. The third-order valence-corrected chi connectivity index (χ3v) is 5.37. The number of esters is 1. The van der Waals surface area contributed by atoms with Crippen molar-refractivity contribution in [2.45, 2.75) is 18.3 Å². The van der Waals surface area contributed by atoms with E-state index in [1.165, 1.54) is 7.11 Å². The molecule has 0 amide bonds. The van der Waals surface area contributed by atoms with Crippen LogP contribution in [0.25, 0.3) is 11.1 Å². The first-order valence-electron chi connectivity index (χ1n) is 9.00. The lowest BCUT2D eigenvalue weighted by Gasteiger charge is -2.39. The van der Waals surface area contributed by atoms with Gasteiger partial charge in [0, 0.05) is 13.1 Å². The van der Waals surface area contributed by atoms with Crippen LogP contribution in [0.15, 0.2) is 52.9 Å². The summed E-state index contributed by atoms with van der Waals surface area (Å²) in [6, 6.07) is 16.0. The number of rotatable bonds is 4. The second-order valence-corrected chi connectivity index (χ2v) is 6.76. The van der Waals surface area contributed by atoms with E-state index >= 15 is 0 Å². The molecule has 1 aromatic heterocycles. The van der Waals surface area contributed by atoms with Gasteiger partial charge in [0.15, 0.2) is 5.58 Å². The fraction of sp³-hybridized carbons (Fsp3) is 0.333. The summed E-state index contributed by atoms with van der Waals surface area (Å²) in [5.41, 5.74) is 1.84. The molecule has 2 aromatic carbocycles. The molecule has 1 aliphatic heterocycles. The molecule has 0 saturated carbocycles. The van der Waals surface area contributed by atoms with E-state index in [4.69, 9.17) is 13.9 Å². The molecule has 0 bridgehead atoms. The maximum absolute atomic E-state index is 12.8. The van der Waals surface area contributed by atoms with Gasteiger partial charge < -0.3 is 18.8 Å². The van der Waals surface area contributed by atoms with Crippen molar-refractivity contribution in [2.75, 3.05) is 32.2 Å². The number of nitrogens with zero attached hydrogens (tertiary/aromatic N) is 2. The van der Waals surface area contributed by atoms with Crippen LogP contribution in [0.4, 0.5) is 6.01 Å². The second-order valence-electron chi connectivity index (χ2n) is 6.76. The maximum atomic E-state index is 12.8. The fourth-order valence-electron chi connectivity index (χ4n) is 3.80. The molecule has 0 aliphatic carbocycles. The molecule has 6 heteroatoms. The standard InChI is InChI=1S/C21H22N2O4/c1-25-16-7-5-6-15(14-16)21(19(24)26-2)10-12-23(13-11-21)20-22-17-8-3-4-9-18(17)27-20/h3-9,14H,10-13H2,1-2H3. The Bertz CT molecular complexity index is 924. The Hall–Kier alpha value is -3.02. The van der Waals surface area contributed by atoms with Crippen molar-refractivity contribution in [2.24, 2.45) is 0 Å². The summed E-state index contributed by atoms with van der Waals surface area (Å²) in [6.45, 7) is 1.30. The number of carbonyl (C=O) groups excluding carboxylic acids is 1. The Morgan fingerprint density at radius 3 is 2.59 bits per heavy atom. The molecule has 0 radical (unpaired) electrons. The number of hydrogen-bond acceptors (Lipinski definition) is 6. The van der Waals surface area contributed by atoms with Crippen LogP contribution in [0.5, 0.6) is 5.75 Å². The van der Waals surface area contributed by atoms with E-state index < -0.39 is 5.41 Å². The van der Waals surface area contributed by atoms with Gasteiger partial charge in [-0.15, -0.1) is 0 Å². The Balaban J connectivity index is 1.62. The van der Waals surface area contributed by atoms with Gasteiger partial charge in [-0.25, -0.2) is 0 Å². The SMILES string of the molecule is COC(=O)C1(c2cccc(OC)c2)CCN(c2nc3ccccc3o2)CC1. The summed E-state index contributed by atoms with van der Waals surface area (Å²) in [5.74, 6) is 0.519. The van der Waals surface area contributed by atoms with Gasteiger partial charge in [-0.2, -0.15) is 4.98 Å². The highest BCUT2D eigenvalue weighted by Gasteiger charge is 2.44. The monoisotopic (exact) mass is 366 g/mol. The summed E-state index contributed by atoms with van der Waals surface area (Å²) in [6.07, 6.45) is 1.23. The first kappa shape index (κ1) is 17.4. The Kier molecular flexibility index (Phi) is 4.48. The van der Waals surface area contributed by atoms with E-state index in [1.807, 2.05) is 48.5 Å². The van der Waals surface area contributed by atoms with Gasteiger partial charge in [-0.05, 0) is 42.7 Å². The first-order valence-corrected chi connectivity index (χ1v) is 9.00. The summed E-state index contributed by atoms with van der Waals surface area (Å²) in [5, 5.41) is 0. The number of anilines is 1. The van der Waals surface area contributed by atoms with Crippen LogP contribution in [0.2, 0.25) is 0 Å². The van der Waals surface area contributed by atoms with Gasteiger partial charge in [0.05, 0.1) is 19.6 Å². The number of hydrogen-bond donors (Lipinski definition) is 0. The molecule has 1 aliphatic rings. The third-order valence-electron chi connectivity index (χ3n) is 5.37. The van der Waals surface area contributed by atoms with Gasteiger partial charge in [0.2, 0.25) is 0 Å². The molecule has 0 N–H and O–H groups in total. The van der Waals surface area contributed by atoms with Crippen molar-refractivity contribution in [3.05, 3.63) is 54.1 Å². The molecule has 6 nitrogen and oxygen atoms in total. The molecule has 1 saturated heterocycles. The van der Waals surface area contributed by atoms with E-state index in [0.29, 0.717) is 31.9 Å². The van der Waals surface area contributed by atoms with E-state index in [-0.39, 0.29) is 5.97 Å². The minimum atomic E-state index is -0.689. The molecule has 0 unspecified atom stereocenters. The van der Waals surface area contributed by atoms with E-state index in [1.54, 1.807) is 7.11 Å². The zero-order valence-corrected chi connectivity index (χ0v) is 15.5. The highest BCUT2D eigenvalue weighted by atomic mass is 16.5. The molecule has 0 spiro atoms. The van der Waals surface area contributed by atoms with E-state index in [9.17, 15) is 4.79 Å². The highest BCUT2D eigenvalue weighted by Crippen LogP contribution is 2.39. The number of benzene rings is 2. The lowest BCUT2D eigenvalue weighted by Crippen LogP contribution is -2.48. The number of carbonyl (C=O) groups is 1. The maximum Gasteiger partial charge on any atom is 0.316 e. The Morgan fingerprint density at radius 2 is 1.89 bits per heavy atom. The van der Waals surface area contributed by atoms with Crippen molar-refractivity contribution in [1.82, 2.24) is 4.98 Å². The quantitative estimate of drug-likeness (QED) is 0.658. The summed E-state index contributed by atoms with van der Waals surface area (Å²) in [7, 11) is 3.07. The molecule has 1 fully saturated rings. The predicted molar refractivity (Wildman–Crippen MR) is 102 cm³/mol. The van der Waals surface area contributed by atoms with Crippen molar-refractivity contribution in [3.8, 4) is 5.75 Å². The minimum Gasteiger partial charge on any atom is -0.497 e. The second kappa shape index (κ2) is 6.95. The van der Waals surface area contributed by atoms with Gasteiger partial charge in [-0.1, -0.05) is 24.3 Å². The number of ether oxygens (including phenoxy) is 2. The largest absolute Gasteiger partial charge is 0.497 e. The summed E-state index contributed by atoms with van der Waals surface area (Å²) >= 11 is 0. The highest BCUT2D eigenvalue weighted by molar-refractivity contribution is 5.84. The molecule has 0 atom stereocenters. The number of methoxy groups -OCH3 is 2.